The minimum Gasteiger partial charge on any atom is -0.480 e. The molecule has 1 aromatic heterocycles. The van der Waals surface area contributed by atoms with Gasteiger partial charge in [-0.05, 0) is 25.1 Å². The molecule has 0 bridgehead atoms. The molecule has 3 rings (SSSR count). The van der Waals surface area contributed by atoms with Crippen LogP contribution in [0.5, 0.6) is 0 Å². The largest absolute Gasteiger partial charge is 0.508 e. The van der Waals surface area contributed by atoms with E-state index in [-0.39, 0.29) is 5.57 Å². The van der Waals surface area contributed by atoms with Gasteiger partial charge < -0.3 is 19.5 Å². The van der Waals surface area contributed by atoms with Crippen LogP contribution < -0.4 is 0 Å². The molecule has 2 fully saturated rings. The van der Waals surface area contributed by atoms with E-state index in [0.29, 0.717) is 5.69 Å². The fraction of sp³-hybridized carbons (Fsp3) is 0.375. The van der Waals surface area contributed by atoms with E-state index in [1.54, 1.807) is 18.2 Å². The third kappa shape index (κ3) is 2.65. The van der Waals surface area contributed by atoms with Crippen LogP contribution in [0, 0.1) is 0 Å². The third-order valence-corrected chi connectivity index (χ3v) is 7.38. The van der Waals surface area contributed by atoms with E-state index in [0.717, 1.165) is 18.9 Å². The Morgan fingerprint density at radius 1 is 1.41 bits per heavy atom. The first-order valence-corrected chi connectivity index (χ1v) is 9.32. The van der Waals surface area contributed by atoms with Crippen molar-refractivity contribution in [3.63, 3.8) is 0 Å². The molecule has 0 saturated carbocycles. The summed E-state index contributed by atoms with van der Waals surface area (Å²) in [6.07, 6.45) is 1.64. The van der Waals surface area contributed by atoms with Crippen molar-refractivity contribution in [3.05, 3.63) is 35.7 Å². The molecule has 1 N–H and O–H groups in total. The highest BCUT2D eigenvalue weighted by molar-refractivity contribution is 7.94. The summed E-state index contributed by atoms with van der Waals surface area (Å²) < 4.78 is 33.2. The van der Waals surface area contributed by atoms with E-state index in [1.807, 2.05) is 0 Å². The molecule has 1 aromatic rings. The summed E-state index contributed by atoms with van der Waals surface area (Å²) in [7, 11) is -3.20. The lowest BCUT2D eigenvalue weighted by molar-refractivity contribution is -0.153. The Kier molecular flexibility index (Phi) is 4.42. The normalized spacial score (nSPS) is 29.8. The van der Waals surface area contributed by atoms with Gasteiger partial charge in [-0.25, -0.2) is 18.0 Å². The number of fused-ring (bicyclic) bond motifs is 1. The number of carboxylic acids is 1. The van der Waals surface area contributed by atoms with Gasteiger partial charge in [0, 0.05) is 6.20 Å². The number of carboxylic acid groups (broad SMARTS) is 1. The fourth-order valence-electron chi connectivity index (χ4n) is 3.28. The molecule has 0 radical (unpaired) electrons. The Balaban J connectivity index is 2.04. The van der Waals surface area contributed by atoms with E-state index >= 15 is 0 Å². The first-order chi connectivity index (χ1) is 12.6. The van der Waals surface area contributed by atoms with Crippen LogP contribution in [-0.2, 0) is 28.9 Å². The molecule has 0 aliphatic carbocycles. The molecule has 27 heavy (non-hydrogen) atoms. The lowest BCUT2D eigenvalue weighted by atomic mass is 9.94. The van der Waals surface area contributed by atoms with Gasteiger partial charge in [0.1, 0.15) is 11.4 Å². The molecule has 10 nitrogen and oxygen atoms in total. The summed E-state index contributed by atoms with van der Waals surface area (Å²) in [5.41, 5.74) is 0.281. The number of ether oxygens (including phenoxy) is 2. The Hall–Kier alpha value is -2.95. The van der Waals surface area contributed by atoms with Gasteiger partial charge in [-0.1, -0.05) is 6.07 Å². The van der Waals surface area contributed by atoms with Gasteiger partial charge in [0.2, 0.25) is 0 Å². The predicted molar refractivity (Wildman–Crippen MR) is 90.0 cm³/mol. The number of sulfone groups is 1. The van der Waals surface area contributed by atoms with Crippen LogP contribution in [0.15, 0.2) is 30.0 Å². The van der Waals surface area contributed by atoms with E-state index in [4.69, 9.17) is 4.74 Å². The molecule has 144 valence electrons. The highest BCUT2D eigenvalue weighted by atomic mass is 32.2. The number of hydrogen-bond acceptors (Lipinski definition) is 8. The number of amides is 1. The van der Waals surface area contributed by atoms with E-state index in [1.165, 1.54) is 12.3 Å². The van der Waals surface area contributed by atoms with Crippen LogP contribution in [0.1, 0.15) is 12.6 Å². The number of methoxy groups -OCH3 is 1. The lowest BCUT2D eigenvalue weighted by Crippen LogP contribution is -2.59. The molecule has 0 unspecified atom stereocenters. The number of rotatable bonds is 4. The van der Waals surface area contributed by atoms with E-state index in [9.17, 15) is 27.9 Å². The average molecular weight is 396 g/mol. The molecule has 3 heterocycles. The summed E-state index contributed by atoms with van der Waals surface area (Å²) in [5, 5.41) is 8.11. The second-order valence-electron chi connectivity index (χ2n) is 6.26. The SMILES string of the molecule is COC(=O)OC[C@@]1(C)[C@H](C(=O)O)N2C(=O)C(=Cc3ccccn3)[C@H]2S1(=O)=O. The monoisotopic (exact) mass is 396 g/mol. The van der Waals surface area contributed by atoms with Crippen LogP contribution in [-0.4, -0.2) is 71.3 Å². The molecular formula is C16H16N2O8S. The highest BCUT2D eigenvalue weighted by Gasteiger charge is 2.72. The molecule has 0 aromatic carbocycles. The summed E-state index contributed by atoms with van der Waals surface area (Å²) in [5.74, 6) is -2.23. The summed E-state index contributed by atoms with van der Waals surface area (Å²) in [6.45, 7) is 0.365. The number of aliphatic carboxylic acids is 1. The Labute approximate surface area is 154 Å². The van der Waals surface area contributed by atoms with Crippen molar-refractivity contribution in [2.75, 3.05) is 13.7 Å². The molecule has 3 atom stereocenters. The van der Waals surface area contributed by atoms with Gasteiger partial charge in [0.25, 0.3) is 5.91 Å². The summed E-state index contributed by atoms with van der Waals surface area (Å²) in [6, 6.07) is 3.20. The average Bonchev–Trinajstić information content (AvgIpc) is 2.80. The Bertz CT molecular complexity index is 942. The molecule has 11 heteroatoms. The van der Waals surface area contributed by atoms with Crippen molar-refractivity contribution in [2.24, 2.45) is 0 Å². The Morgan fingerprint density at radius 2 is 2.11 bits per heavy atom. The standard InChI is InChI=1S/C16H16N2O8S/c1-16(8-26-15(22)25-2)11(14(20)21)18-12(19)10(13(18)27(16,23)24)7-9-5-3-4-6-17-9/h3-7,11,13H,8H2,1-2H3,(H,20,21)/t11-,13+,16-/m0/s1. The van der Waals surface area contributed by atoms with Gasteiger partial charge in [-0.3, -0.25) is 9.78 Å². The number of carbonyl (C=O) groups is 3. The molecule has 1 amide bonds. The predicted octanol–water partition coefficient (Wildman–Crippen LogP) is 0.0566. The lowest BCUT2D eigenvalue weighted by Gasteiger charge is -2.37. The zero-order chi connectivity index (χ0) is 20.0. The second kappa shape index (κ2) is 6.34. The van der Waals surface area contributed by atoms with Crippen molar-refractivity contribution in [1.82, 2.24) is 9.88 Å². The van der Waals surface area contributed by atoms with Crippen LogP contribution in [0.4, 0.5) is 4.79 Å². The first-order valence-electron chi connectivity index (χ1n) is 7.77. The van der Waals surface area contributed by atoms with Crippen LogP contribution in [0.25, 0.3) is 6.08 Å². The van der Waals surface area contributed by atoms with Crippen LogP contribution >= 0.6 is 0 Å². The topological polar surface area (TPSA) is 140 Å². The quantitative estimate of drug-likeness (QED) is 0.425. The smallest absolute Gasteiger partial charge is 0.480 e. The number of hydrogen-bond donors (Lipinski definition) is 1. The van der Waals surface area contributed by atoms with Crippen molar-refractivity contribution >= 4 is 33.9 Å². The maximum Gasteiger partial charge on any atom is 0.508 e. The van der Waals surface area contributed by atoms with Gasteiger partial charge in [-0.15, -0.1) is 0 Å². The number of β-lactam (4-membered cyclic amide) rings is 1. The number of aromatic nitrogens is 1. The van der Waals surface area contributed by atoms with Crippen molar-refractivity contribution in [1.29, 1.82) is 0 Å². The first kappa shape index (κ1) is 18.8. The zero-order valence-corrected chi connectivity index (χ0v) is 15.2. The van der Waals surface area contributed by atoms with E-state index < -0.39 is 50.6 Å². The molecule has 0 spiro atoms. The van der Waals surface area contributed by atoms with Crippen LogP contribution in [0.2, 0.25) is 0 Å². The number of carbonyl (C=O) groups excluding carboxylic acids is 2. The minimum absolute atomic E-state index is 0.0817. The van der Waals surface area contributed by atoms with Crippen molar-refractivity contribution < 1.29 is 37.4 Å². The van der Waals surface area contributed by atoms with Gasteiger partial charge in [-0.2, -0.15) is 0 Å². The van der Waals surface area contributed by atoms with E-state index in [2.05, 4.69) is 9.72 Å². The fourth-order valence-corrected chi connectivity index (χ4v) is 5.55. The molecule has 2 aliphatic rings. The highest BCUT2D eigenvalue weighted by Crippen LogP contribution is 2.49. The Morgan fingerprint density at radius 3 is 2.67 bits per heavy atom. The maximum atomic E-state index is 13.1. The summed E-state index contributed by atoms with van der Waals surface area (Å²) >= 11 is 0. The minimum atomic E-state index is -4.23. The maximum absolute atomic E-state index is 13.1. The van der Waals surface area contributed by atoms with Crippen LogP contribution in [0.3, 0.4) is 0 Å². The number of nitrogens with zero attached hydrogens (tertiary/aromatic N) is 2. The summed E-state index contributed by atoms with van der Waals surface area (Å²) in [4.78, 5) is 40.3. The van der Waals surface area contributed by atoms with Gasteiger partial charge >= 0.3 is 12.1 Å². The molecule has 2 saturated heterocycles. The third-order valence-electron chi connectivity index (χ3n) is 4.67. The molecule has 2 aliphatic heterocycles. The second-order valence-corrected chi connectivity index (χ2v) is 8.73. The van der Waals surface area contributed by atoms with Gasteiger partial charge in [0.15, 0.2) is 21.3 Å². The molecular weight excluding hydrogens is 380 g/mol. The zero-order valence-electron chi connectivity index (χ0n) is 14.4. The van der Waals surface area contributed by atoms with Crippen molar-refractivity contribution in [2.45, 2.75) is 23.1 Å². The number of pyridine rings is 1. The van der Waals surface area contributed by atoms with Gasteiger partial charge in [0.05, 0.1) is 18.4 Å². The van der Waals surface area contributed by atoms with Crippen molar-refractivity contribution in [3.8, 4) is 0 Å².